The first-order chi connectivity index (χ1) is 14.1. The number of hydrogen-bond donors (Lipinski definition) is 3. The molecule has 29 heavy (non-hydrogen) atoms. The quantitative estimate of drug-likeness (QED) is 0.568. The Hall–Kier alpha value is -3.85. The van der Waals surface area contributed by atoms with Gasteiger partial charge in [0.2, 0.25) is 6.79 Å². The first-order valence-corrected chi connectivity index (χ1v) is 8.96. The summed E-state index contributed by atoms with van der Waals surface area (Å²) in [5.41, 5.74) is 1.64. The maximum atomic E-state index is 12.3. The third-order valence-electron chi connectivity index (χ3n) is 4.01. The number of rotatable bonds is 4. The molecule has 1 aliphatic heterocycles. The van der Waals surface area contributed by atoms with E-state index in [2.05, 4.69) is 16.0 Å². The molecule has 1 aliphatic rings. The first-order valence-electron chi connectivity index (χ1n) is 8.55. The van der Waals surface area contributed by atoms with Gasteiger partial charge in [-0.15, -0.1) is 0 Å². The lowest BCUT2D eigenvalue weighted by Crippen LogP contribution is -2.34. The van der Waals surface area contributed by atoms with Gasteiger partial charge in [0.1, 0.15) is 0 Å². The number of amides is 2. The number of anilines is 2. The lowest BCUT2D eigenvalue weighted by Gasteiger charge is -2.11. The van der Waals surface area contributed by atoms with E-state index in [0.29, 0.717) is 28.4 Å². The van der Waals surface area contributed by atoms with E-state index in [9.17, 15) is 9.59 Å². The molecule has 3 N–H and O–H groups in total. The van der Waals surface area contributed by atoms with Gasteiger partial charge in [0.25, 0.3) is 11.8 Å². The van der Waals surface area contributed by atoms with Crippen molar-refractivity contribution in [2.75, 3.05) is 17.4 Å². The second-order valence-electron chi connectivity index (χ2n) is 5.99. The highest BCUT2D eigenvalue weighted by atomic mass is 32.1. The van der Waals surface area contributed by atoms with Crippen LogP contribution >= 0.6 is 12.2 Å². The Bertz CT molecular complexity index is 1060. The van der Waals surface area contributed by atoms with E-state index in [1.165, 1.54) is 6.26 Å². The van der Waals surface area contributed by atoms with Crippen LogP contribution in [0.25, 0.3) is 0 Å². The van der Waals surface area contributed by atoms with Gasteiger partial charge in [-0.25, -0.2) is 0 Å². The second-order valence-corrected chi connectivity index (χ2v) is 6.39. The Labute approximate surface area is 170 Å². The molecule has 0 saturated heterocycles. The summed E-state index contributed by atoms with van der Waals surface area (Å²) in [5, 5.41) is 8.37. The molecule has 2 aromatic carbocycles. The Morgan fingerprint density at radius 1 is 0.862 bits per heavy atom. The van der Waals surface area contributed by atoms with Gasteiger partial charge in [-0.05, 0) is 66.8 Å². The maximum absolute atomic E-state index is 12.3. The molecule has 9 heteroatoms. The molecular weight excluding hydrogens is 394 g/mol. The van der Waals surface area contributed by atoms with Crippen molar-refractivity contribution in [1.29, 1.82) is 0 Å². The van der Waals surface area contributed by atoms with Gasteiger partial charge in [0.05, 0.1) is 6.26 Å². The molecule has 3 aromatic rings. The number of nitrogens with one attached hydrogen (secondary N) is 3. The molecule has 8 nitrogen and oxygen atoms in total. The molecule has 1 aromatic heterocycles. The van der Waals surface area contributed by atoms with E-state index in [-0.39, 0.29) is 29.5 Å². The van der Waals surface area contributed by atoms with Crippen LogP contribution in [0.3, 0.4) is 0 Å². The van der Waals surface area contributed by atoms with E-state index in [1.807, 2.05) is 0 Å². The molecule has 2 heterocycles. The topological polar surface area (TPSA) is 102 Å². The largest absolute Gasteiger partial charge is 0.459 e. The average Bonchev–Trinajstić information content (AvgIpc) is 3.40. The predicted octanol–water partition coefficient (Wildman–Crippen LogP) is 3.39. The minimum atomic E-state index is -0.372. The van der Waals surface area contributed by atoms with Crippen LogP contribution in [0.4, 0.5) is 11.4 Å². The fourth-order valence-electron chi connectivity index (χ4n) is 2.61. The SMILES string of the molecule is O=C(NC(=S)Nc1ccc(NC(=O)c2ccco2)cc1)c1ccc2c(c1)OCO2. The number of fused-ring (bicyclic) bond motifs is 1. The summed E-state index contributed by atoms with van der Waals surface area (Å²) >= 11 is 5.19. The van der Waals surface area contributed by atoms with Gasteiger partial charge in [-0.3, -0.25) is 14.9 Å². The van der Waals surface area contributed by atoms with Crippen LogP contribution in [0.15, 0.2) is 65.3 Å². The molecule has 0 bridgehead atoms. The molecule has 0 aliphatic carbocycles. The number of carbonyl (C=O) groups excluding carboxylic acids is 2. The van der Waals surface area contributed by atoms with Crippen molar-refractivity contribution in [3.8, 4) is 11.5 Å². The van der Waals surface area contributed by atoms with E-state index in [0.717, 1.165) is 0 Å². The summed E-state index contributed by atoms with van der Waals surface area (Å²) in [5.74, 6) is 0.621. The van der Waals surface area contributed by atoms with Crippen LogP contribution in [-0.2, 0) is 0 Å². The third kappa shape index (κ3) is 4.36. The van der Waals surface area contributed by atoms with Gasteiger partial charge in [0, 0.05) is 16.9 Å². The van der Waals surface area contributed by atoms with Crippen molar-refractivity contribution < 1.29 is 23.5 Å². The van der Waals surface area contributed by atoms with Crippen LogP contribution in [0, 0.1) is 0 Å². The number of furan rings is 1. The molecule has 0 unspecified atom stereocenters. The lowest BCUT2D eigenvalue weighted by atomic mass is 10.2. The summed E-state index contributed by atoms with van der Waals surface area (Å²) in [4.78, 5) is 24.3. The van der Waals surface area contributed by atoms with Gasteiger partial charge >= 0.3 is 0 Å². The molecule has 146 valence electrons. The van der Waals surface area contributed by atoms with Crippen molar-refractivity contribution in [2.24, 2.45) is 0 Å². The standard InChI is InChI=1S/C20H15N3O5S/c24-18(12-3-8-15-17(10-12)28-11-27-15)23-20(29)22-14-6-4-13(5-7-14)21-19(25)16-2-1-9-26-16/h1-10H,11H2,(H,21,25)(H2,22,23,24,29). The molecular formula is C20H15N3O5S. The number of carbonyl (C=O) groups is 2. The highest BCUT2D eigenvalue weighted by molar-refractivity contribution is 7.80. The number of benzene rings is 2. The monoisotopic (exact) mass is 409 g/mol. The van der Waals surface area contributed by atoms with Crippen molar-refractivity contribution in [3.63, 3.8) is 0 Å². The van der Waals surface area contributed by atoms with E-state index < -0.39 is 0 Å². The number of ether oxygens (including phenoxy) is 2. The third-order valence-corrected chi connectivity index (χ3v) is 4.21. The Morgan fingerprint density at radius 2 is 1.59 bits per heavy atom. The second kappa shape index (κ2) is 8.03. The molecule has 2 amide bonds. The number of hydrogen-bond acceptors (Lipinski definition) is 6. The molecule has 4 rings (SSSR count). The molecule has 0 atom stereocenters. The smallest absolute Gasteiger partial charge is 0.291 e. The lowest BCUT2D eigenvalue weighted by molar-refractivity contribution is 0.0974. The Morgan fingerprint density at radius 3 is 2.31 bits per heavy atom. The van der Waals surface area contributed by atoms with Gasteiger partial charge in [-0.1, -0.05) is 0 Å². The number of thiocarbonyl (C=S) groups is 1. The zero-order valence-electron chi connectivity index (χ0n) is 14.9. The van der Waals surface area contributed by atoms with Crippen LogP contribution < -0.4 is 25.4 Å². The molecule has 0 spiro atoms. The zero-order chi connectivity index (χ0) is 20.2. The van der Waals surface area contributed by atoms with E-state index in [4.69, 9.17) is 26.1 Å². The summed E-state index contributed by atoms with van der Waals surface area (Å²) in [6.45, 7) is 0.137. The Kier molecular flexibility index (Phi) is 5.12. The van der Waals surface area contributed by atoms with Gasteiger partial charge < -0.3 is 24.5 Å². The summed E-state index contributed by atoms with van der Waals surface area (Å²) in [7, 11) is 0. The molecule has 0 radical (unpaired) electrons. The normalized spacial score (nSPS) is 11.6. The van der Waals surface area contributed by atoms with Crippen LogP contribution in [-0.4, -0.2) is 23.7 Å². The predicted molar refractivity (Wildman–Crippen MR) is 109 cm³/mol. The van der Waals surface area contributed by atoms with Gasteiger partial charge in [-0.2, -0.15) is 0 Å². The average molecular weight is 409 g/mol. The highest BCUT2D eigenvalue weighted by Gasteiger charge is 2.17. The molecule has 0 saturated carbocycles. The van der Waals surface area contributed by atoms with Crippen molar-refractivity contribution in [1.82, 2.24) is 5.32 Å². The van der Waals surface area contributed by atoms with Crippen molar-refractivity contribution in [2.45, 2.75) is 0 Å². The minimum absolute atomic E-state index is 0.137. The summed E-state index contributed by atoms with van der Waals surface area (Å²) in [6, 6.07) is 14.9. The van der Waals surface area contributed by atoms with Crippen LogP contribution in [0.5, 0.6) is 11.5 Å². The first kappa shape index (κ1) is 18.5. The van der Waals surface area contributed by atoms with E-state index in [1.54, 1.807) is 54.6 Å². The molecule has 0 fully saturated rings. The summed E-state index contributed by atoms with van der Waals surface area (Å²) < 4.78 is 15.5. The fourth-order valence-corrected chi connectivity index (χ4v) is 2.82. The van der Waals surface area contributed by atoms with Crippen LogP contribution in [0.2, 0.25) is 0 Å². The van der Waals surface area contributed by atoms with Gasteiger partial charge in [0.15, 0.2) is 22.4 Å². The van der Waals surface area contributed by atoms with Crippen molar-refractivity contribution in [3.05, 3.63) is 72.2 Å². The van der Waals surface area contributed by atoms with Crippen LogP contribution in [0.1, 0.15) is 20.9 Å². The Balaban J connectivity index is 1.32. The van der Waals surface area contributed by atoms with E-state index >= 15 is 0 Å². The van der Waals surface area contributed by atoms with Crippen molar-refractivity contribution >= 4 is 40.5 Å². The minimum Gasteiger partial charge on any atom is -0.459 e. The highest BCUT2D eigenvalue weighted by Crippen LogP contribution is 2.32. The summed E-state index contributed by atoms with van der Waals surface area (Å²) in [6.07, 6.45) is 1.43. The fraction of sp³-hybridized carbons (Fsp3) is 0.0500. The maximum Gasteiger partial charge on any atom is 0.291 e. The zero-order valence-corrected chi connectivity index (χ0v) is 15.7.